The monoisotopic (exact) mass is 326 g/mol. The predicted molar refractivity (Wildman–Crippen MR) is 73.1 cm³/mol. The van der Waals surface area contributed by atoms with Crippen LogP contribution in [-0.2, 0) is 17.5 Å². The molecule has 21 heavy (non-hydrogen) atoms. The van der Waals surface area contributed by atoms with Crippen LogP contribution in [0.25, 0.3) is 0 Å². The van der Waals surface area contributed by atoms with E-state index in [-0.39, 0.29) is 24.9 Å². The maximum Gasteiger partial charge on any atom is 0.435 e. The number of piperidine rings is 1. The zero-order chi connectivity index (χ0) is 14.6. The first-order valence-electron chi connectivity index (χ1n) is 6.53. The molecule has 1 unspecified atom stereocenters. The second kappa shape index (κ2) is 7.65. The molecule has 0 bridgehead atoms. The molecule has 1 fully saturated rings. The topological polar surface area (TPSA) is 59.0 Å². The van der Waals surface area contributed by atoms with E-state index in [0.29, 0.717) is 12.5 Å². The van der Waals surface area contributed by atoms with Crippen LogP contribution in [-0.4, -0.2) is 35.3 Å². The number of halogens is 4. The Morgan fingerprint density at radius 2 is 2.29 bits per heavy atom. The molecule has 2 N–H and O–H groups in total. The Kier molecular flexibility index (Phi) is 6.47. The largest absolute Gasteiger partial charge is 0.435 e. The fourth-order valence-corrected chi connectivity index (χ4v) is 2.16. The molecule has 0 saturated carbocycles. The van der Waals surface area contributed by atoms with E-state index in [0.717, 1.165) is 42.9 Å². The number of carbonyl (C=O) groups is 1. The number of hydrogen-bond acceptors (Lipinski definition) is 3. The quantitative estimate of drug-likeness (QED) is 0.880. The van der Waals surface area contributed by atoms with Crippen LogP contribution in [0.1, 0.15) is 18.5 Å². The van der Waals surface area contributed by atoms with Crippen LogP contribution in [0.3, 0.4) is 0 Å². The molecule has 1 aliphatic rings. The minimum absolute atomic E-state index is 0. The highest BCUT2D eigenvalue weighted by molar-refractivity contribution is 5.85. The van der Waals surface area contributed by atoms with Crippen molar-refractivity contribution in [2.75, 3.05) is 19.6 Å². The van der Waals surface area contributed by atoms with Gasteiger partial charge in [-0.3, -0.25) is 9.48 Å². The summed E-state index contributed by atoms with van der Waals surface area (Å²) < 4.78 is 38.0. The van der Waals surface area contributed by atoms with Crippen molar-refractivity contribution in [3.63, 3.8) is 0 Å². The molecule has 9 heteroatoms. The van der Waals surface area contributed by atoms with Crippen molar-refractivity contribution >= 4 is 18.3 Å². The van der Waals surface area contributed by atoms with Crippen LogP contribution in [0, 0.1) is 5.92 Å². The van der Waals surface area contributed by atoms with Crippen molar-refractivity contribution in [2.24, 2.45) is 5.92 Å². The van der Waals surface area contributed by atoms with Crippen LogP contribution in [0.4, 0.5) is 13.2 Å². The summed E-state index contributed by atoms with van der Waals surface area (Å²) in [5.74, 6) is 0.0588. The van der Waals surface area contributed by atoms with Crippen molar-refractivity contribution in [1.82, 2.24) is 20.4 Å². The first-order valence-corrected chi connectivity index (χ1v) is 6.53. The third kappa shape index (κ3) is 5.55. The first-order chi connectivity index (χ1) is 9.45. The van der Waals surface area contributed by atoms with Crippen LogP contribution in [0.5, 0.6) is 0 Å². The van der Waals surface area contributed by atoms with Gasteiger partial charge >= 0.3 is 6.18 Å². The lowest BCUT2D eigenvalue weighted by molar-refractivity contribution is -0.141. The smallest absolute Gasteiger partial charge is 0.354 e. The molecule has 0 aliphatic carbocycles. The van der Waals surface area contributed by atoms with E-state index in [1.807, 2.05) is 0 Å². The van der Waals surface area contributed by atoms with Crippen LogP contribution >= 0.6 is 12.4 Å². The average molecular weight is 327 g/mol. The van der Waals surface area contributed by atoms with Crippen LogP contribution in [0.15, 0.2) is 12.3 Å². The summed E-state index contributed by atoms with van der Waals surface area (Å²) in [6, 6.07) is 0.859. The Morgan fingerprint density at radius 1 is 1.52 bits per heavy atom. The van der Waals surface area contributed by atoms with E-state index in [1.165, 1.54) is 0 Å². The fourth-order valence-electron chi connectivity index (χ4n) is 2.16. The first kappa shape index (κ1) is 17.8. The number of alkyl halides is 3. The average Bonchev–Trinajstić information content (AvgIpc) is 2.86. The zero-order valence-corrected chi connectivity index (χ0v) is 12.1. The summed E-state index contributed by atoms with van der Waals surface area (Å²) in [5, 5.41) is 9.30. The predicted octanol–water partition coefficient (Wildman–Crippen LogP) is 1.44. The molecular weight excluding hydrogens is 309 g/mol. The maximum atomic E-state index is 12.3. The van der Waals surface area contributed by atoms with E-state index in [9.17, 15) is 18.0 Å². The van der Waals surface area contributed by atoms with E-state index in [1.54, 1.807) is 0 Å². The van der Waals surface area contributed by atoms with Gasteiger partial charge in [0.1, 0.15) is 6.54 Å². The second-order valence-corrected chi connectivity index (χ2v) is 4.91. The molecule has 1 aromatic heterocycles. The normalized spacial score (nSPS) is 18.9. The van der Waals surface area contributed by atoms with Gasteiger partial charge in [-0.05, 0) is 37.9 Å². The molecule has 1 saturated heterocycles. The Hall–Kier alpha value is -1.28. The Morgan fingerprint density at radius 3 is 2.86 bits per heavy atom. The lowest BCUT2D eigenvalue weighted by Crippen LogP contribution is -2.39. The molecular formula is C12H18ClF3N4O. The molecule has 1 amide bonds. The molecule has 1 aromatic rings. The van der Waals surface area contributed by atoms with Gasteiger partial charge < -0.3 is 10.6 Å². The van der Waals surface area contributed by atoms with Crippen molar-refractivity contribution in [1.29, 1.82) is 0 Å². The van der Waals surface area contributed by atoms with Crippen molar-refractivity contribution < 1.29 is 18.0 Å². The number of amides is 1. The summed E-state index contributed by atoms with van der Waals surface area (Å²) in [5.41, 5.74) is -0.984. The molecule has 2 heterocycles. The van der Waals surface area contributed by atoms with E-state index < -0.39 is 11.9 Å². The van der Waals surface area contributed by atoms with Gasteiger partial charge in [0.15, 0.2) is 5.69 Å². The Bertz CT molecular complexity index is 458. The maximum absolute atomic E-state index is 12.3. The minimum atomic E-state index is -4.48. The highest BCUT2D eigenvalue weighted by atomic mass is 35.5. The highest BCUT2D eigenvalue weighted by Crippen LogP contribution is 2.27. The van der Waals surface area contributed by atoms with E-state index in [2.05, 4.69) is 15.7 Å². The standard InChI is InChI=1S/C12H17F3N4O.ClH/c13-12(14,15)10-3-5-19(18-10)8-11(20)17-7-9-2-1-4-16-6-9;/h3,5,9,16H,1-2,4,6-8H2,(H,17,20);1H. The van der Waals surface area contributed by atoms with Gasteiger partial charge in [0.05, 0.1) is 0 Å². The van der Waals surface area contributed by atoms with Crippen LogP contribution < -0.4 is 10.6 Å². The summed E-state index contributed by atoms with van der Waals surface area (Å²) in [6.45, 7) is 2.20. The second-order valence-electron chi connectivity index (χ2n) is 4.91. The number of nitrogens with one attached hydrogen (secondary N) is 2. The summed E-state index contributed by atoms with van der Waals surface area (Å²) in [6.07, 6.45) is -1.19. The van der Waals surface area contributed by atoms with Gasteiger partial charge in [0.2, 0.25) is 5.91 Å². The minimum Gasteiger partial charge on any atom is -0.354 e. The molecule has 0 spiro atoms. The molecule has 1 aliphatic heterocycles. The third-order valence-corrected chi connectivity index (χ3v) is 3.22. The molecule has 5 nitrogen and oxygen atoms in total. The number of rotatable bonds is 4. The number of hydrogen-bond donors (Lipinski definition) is 2. The molecule has 0 radical (unpaired) electrons. The lowest BCUT2D eigenvalue weighted by atomic mass is 10.00. The third-order valence-electron chi connectivity index (χ3n) is 3.22. The fraction of sp³-hybridized carbons (Fsp3) is 0.667. The van der Waals surface area contributed by atoms with Gasteiger partial charge in [-0.1, -0.05) is 0 Å². The van der Waals surface area contributed by atoms with Gasteiger partial charge in [-0.15, -0.1) is 12.4 Å². The van der Waals surface area contributed by atoms with Gasteiger partial charge in [0, 0.05) is 12.7 Å². The highest BCUT2D eigenvalue weighted by Gasteiger charge is 2.33. The van der Waals surface area contributed by atoms with Gasteiger partial charge in [-0.2, -0.15) is 18.3 Å². The summed E-state index contributed by atoms with van der Waals surface area (Å²) in [4.78, 5) is 11.6. The van der Waals surface area contributed by atoms with Crippen LogP contribution in [0.2, 0.25) is 0 Å². The molecule has 120 valence electrons. The Labute approximate surface area is 126 Å². The lowest BCUT2D eigenvalue weighted by Gasteiger charge is -2.22. The molecule has 2 rings (SSSR count). The van der Waals surface area contributed by atoms with Crippen molar-refractivity contribution in [3.05, 3.63) is 18.0 Å². The van der Waals surface area contributed by atoms with Crippen molar-refractivity contribution in [3.8, 4) is 0 Å². The number of carbonyl (C=O) groups excluding carboxylic acids is 1. The van der Waals surface area contributed by atoms with Gasteiger partial charge in [-0.25, -0.2) is 0 Å². The van der Waals surface area contributed by atoms with E-state index in [4.69, 9.17) is 0 Å². The van der Waals surface area contributed by atoms with Crippen molar-refractivity contribution in [2.45, 2.75) is 25.6 Å². The molecule has 0 aromatic carbocycles. The summed E-state index contributed by atoms with van der Waals surface area (Å²) >= 11 is 0. The summed E-state index contributed by atoms with van der Waals surface area (Å²) in [7, 11) is 0. The molecule has 1 atom stereocenters. The SMILES string of the molecule is Cl.O=C(Cn1ccc(C(F)(F)F)n1)NCC1CCCNC1. The van der Waals surface area contributed by atoms with Gasteiger partial charge in [0.25, 0.3) is 0 Å². The van der Waals surface area contributed by atoms with E-state index >= 15 is 0 Å². The zero-order valence-electron chi connectivity index (χ0n) is 11.3. The number of nitrogens with zero attached hydrogens (tertiary/aromatic N) is 2. The Balaban J connectivity index is 0.00000220. The number of aromatic nitrogens is 2.